The molecular weight excluding hydrogens is 288 g/mol. The van der Waals surface area contributed by atoms with Gasteiger partial charge in [0.15, 0.2) is 11.5 Å². The van der Waals surface area contributed by atoms with Crippen LogP contribution in [0.5, 0.6) is 11.5 Å². The van der Waals surface area contributed by atoms with E-state index in [0.29, 0.717) is 12.4 Å². The van der Waals surface area contributed by atoms with Crippen molar-refractivity contribution in [2.24, 2.45) is 5.92 Å². The van der Waals surface area contributed by atoms with E-state index in [1.165, 1.54) is 0 Å². The van der Waals surface area contributed by atoms with Gasteiger partial charge in [0.25, 0.3) is 0 Å². The molecule has 2 rings (SSSR count). The van der Waals surface area contributed by atoms with Gasteiger partial charge in [0.05, 0.1) is 7.11 Å². The van der Waals surface area contributed by atoms with Gasteiger partial charge in [-0.3, -0.25) is 0 Å². The van der Waals surface area contributed by atoms with Crippen LogP contribution in [-0.2, 0) is 13.0 Å². The molecule has 2 aromatic carbocycles. The number of aliphatic hydroxyl groups is 1. The van der Waals surface area contributed by atoms with Crippen LogP contribution in [0.1, 0.15) is 17.5 Å². The molecule has 1 atom stereocenters. The highest BCUT2D eigenvalue weighted by atomic mass is 16.5. The van der Waals surface area contributed by atoms with Crippen molar-refractivity contribution in [3.8, 4) is 11.5 Å². The van der Waals surface area contributed by atoms with Crippen molar-refractivity contribution in [1.29, 1.82) is 0 Å². The van der Waals surface area contributed by atoms with E-state index in [9.17, 15) is 5.11 Å². The van der Waals surface area contributed by atoms with Gasteiger partial charge < -0.3 is 14.6 Å². The highest BCUT2D eigenvalue weighted by molar-refractivity contribution is 5.43. The minimum Gasteiger partial charge on any atom is -0.493 e. The first-order chi connectivity index (χ1) is 11.3. The van der Waals surface area contributed by atoms with Gasteiger partial charge in [-0.15, -0.1) is 6.58 Å². The number of rotatable bonds is 9. The van der Waals surface area contributed by atoms with Crippen LogP contribution in [0, 0.1) is 5.92 Å². The van der Waals surface area contributed by atoms with Crippen molar-refractivity contribution in [3.63, 3.8) is 0 Å². The molecule has 0 radical (unpaired) electrons. The Labute approximate surface area is 138 Å². The molecule has 3 nitrogen and oxygen atoms in total. The summed E-state index contributed by atoms with van der Waals surface area (Å²) in [7, 11) is 1.64. The minimum atomic E-state index is 0.153. The average Bonchev–Trinajstić information content (AvgIpc) is 2.60. The summed E-state index contributed by atoms with van der Waals surface area (Å²) in [4.78, 5) is 0. The standard InChI is InChI=1S/C20H24O3/c1-3-7-18(14-21)12-17-10-11-19(20(13-17)22-2)23-15-16-8-5-4-6-9-16/h3-6,8-11,13,18,21H,1,7,12,14-15H2,2H3/t18-/m1/s1. The molecule has 0 saturated heterocycles. The van der Waals surface area contributed by atoms with E-state index >= 15 is 0 Å². The maximum absolute atomic E-state index is 9.41. The van der Waals surface area contributed by atoms with E-state index in [-0.39, 0.29) is 12.5 Å². The normalized spacial score (nSPS) is 11.7. The zero-order valence-electron chi connectivity index (χ0n) is 13.6. The lowest BCUT2D eigenvalue weighted by molar-refractivity contribution is 0.226. The summed E-state index contributed by atoms with van der Waals surface area (Å²) in [5, 5.41) is 9.41. The van der Waals surface area contributed by atoms with E-state index in [1.807, 2.05) is 54.6 Å². The third-order valence-electron chi connectivity index (χ3n) is 3.75. The Morgan fingerprint density at radius 3 is 2.52 bits per heavy atom. The van der Waals surface area contributed by atoms with Crippen LogP contribution in [0.25, 0.3) is 0 Å². The summed E-state index contributed by atoms with van der Waals surface area (Å²) in [6.45, 7) is 4.39. The van der Waals surface area contributed by atoms with Crippen LogP contribution >= 0.6 is 0 Å². The first-order valence-electron chi connectivity index (χ1n) is 7.82. The molecule has 0 unspecified atom stereocenters. The highest BCUT2D eigenvalue weighted by Crippen LogP contribution is 2.30. The van der Waals surface area contributed by atoms with E-state index < -0.39 is 0 Å². The van der Waals surface area contributed by atoms with Gasteiger partial charge in [0.1, 0.15) is 6.61 Å². The largest absolute Gasteiger partial charge is 0.493 e. The Morgan fingerprint density at radius 1 is 1.09 bits per heavy atom. The molecule has 3 heteroatoms. The third kappa shape index (κ3) is 5.15. The fourth-order valence-electron chi connectivity index (χ4n) is 2.48. The molecule has 2 aromatic rings. The number of hydrogen-bond acceptors (Lipinski definition) is 3. The molecule has 23 heavy (non-hydrogen) atoms. The zero-order valence-corrected chi connectivity index (χ0v) is 13.6. The summed E-state index contributed by atoms with van der Waals surface area (Å²) in [6.07, 6.45) is 3.43. The van der Waals surface area contributed by atoms with Crippen molar-refractivity contribution < 1.29 is 14.6 Å². The van der Waals surface area contributed by atoms with Gasteiger partial charge in [-0.1, -0.05) is 42.5 Å². The molecule has 0 aliphatic rings. The monoisotopic (exact) mass is 312 g/mol. The SMILES string of the molecule is C=CC[C@@H](CO)Cc1ccc(OCc2ccccc2)c(OC)c1. The summed E-state index contributed by atoms with van der Waals surface area (Å²) in [6, 6.07) is 16.0. The van der Waals surface area contributed by atoms with Gasteiger partial charge in [0, 0.05) is 6.61 Å². The second-order valence-electron chi connectivity index (χ2n) is 5.54. The van der Waals surface area contributed by atoms with Crippen LogP contribution < -0.4 is 9.47 Å². The van der Waals surface area contributed by atoms with Crippen LogP contribution in [0.4, 0.5) is 0 Å². The smallest absolute Gasteiger partial charge is 0.161 e. The molecule has 0 spiro atoms. The first kappa shape index (κ1) is 17.1. The maximum atomic E-state index is 9.41. The quantitative estimate of drug-likeness (QED) is 0.711. The van der Waals surface area contributed by atoms with Crippen LogP contribution in [-0.4, -0.2) is 18.8 Å². The van der Waals surface area contributed by atoms with Crippen LogP contribution in [0.2, 0.25) is 0 Å². The third-order valence-corrected chi connectivity index (χ3v) is 3.75. The predicted molar refractivity (Wildman–Crippen MR) is 92.9 cm³/mol. The first-order valence-corrected chi connectivity index (χ1v) is 7.82. The Hall–Kier alpha value is -2.26. The topological polar surface area (TPSA) is 38.7 Å². The predicted octanol–water partition coefficient (Wildman–Crippen LogP) is 4.00. The van der Waals surface area contributed by atoms with Gasteiger partial charge in [-0.05, 0) is 42.0 Å². The Morgan fingerprint density at radius 2 is 1.87 bits per heavy atom. The van der Waals surface area contributed by atoms with Crippen molar-refractivity contribution >= 4 is 0 Å². The Bertz CT molecular complexity index is 608. The number of aliphatic hydroxyl groups excluding tert-OH is 1. The number of methoxy groups -OCH3 is 1. The molecule has 0 amide bonds. The lowest BCUT2D eigenvalue weighted by Crippen LogP contribution is -2.08. The lowest BCUT2D eigenvalue weighted by Gasteiger charge is -2.15. The van der Waals surface area contributed by atoms with Gasteiger partial charge in [0.2, 0.25) is 0 Å². The molecule has 0 aliphatic heterocycles. The summed E-state index contributed by atoms with van der Waals surface area (Å²) in [5.74, 6) is 1.63. The molecule has 0 fully saturated rings. The van der Waals surface area contributed by atoms with E-state index in [2.05, 4.69) is 6.58 Å². The van der Waals surface area contributed by atoms with Crippen molar-refractivity contribution in [2.45, 2.75) is 19.4 Å². The van der Waals surface area contributed by atoms with E-state index in [4.69, 9.17) is 9.47 Å². The summed E-state index contributed by atoms with van der Waals surface area (Å²) in [5.41, 5.74) is 2.24. The van der Waals surface area contributed by atoms with Gasteiger partial charge in [-0.25, -0.2) is 0 Å². The molecule has 0 aromatic heterocycles. The minimum absolute atomic E-state index is 0.153. The van der Waals surface area contributed by atoms with Crippen molar-refractivity contribution in [2.75, 3.05) is 13.7 Å². The Balaban J connectivity index is 2.05. The average molecular weight is 312 g/mol. The maximum Gasteiger partial charge on any atom is 0.161 e. The van der Waals surface area contributed by atoms with E-state index in [0.717, 1.165) is 29.7 Å². The molecule has 122 valence electrons. The van der Waals surface area contributed by atoms with E-state index in [1.54, 1.807) is 7.11 Å². The molecular formula is C20H24O3. The second-order valence-corrected chi connectivity index (χ2v) is 5.54. The number of allylic oxidation sites excluding steroid dienone is 1. The second kappa shape index (κ2) is 9.01. The number of hydrogen-bond donors (Lipinski definition) is 1. The van der Waals surface area contributed by atoms with Crippen molar-refractivity contribution in [3.05, 3.63) is 72.3 Å². The molecule has 0 heterocycles. The lowest BCUT2D eigenvalue weighted by atomic mass is 9.97. The van der Waals surface area contributed by atoms with Gasteiger partial charge in [-0.2, -0.15) is 0 Å². The molecule has 0 aliphatic carbocycles. The molecule has 1 N–H and O–H groups in total. The fraction of sp³-hybridized carbons (Fsp3) is 0.300. The van der Waals surface area contributed by atoms with Crippen molar-refractivity contribution in [1.82, 2.24) is 0 Å². The fourth-order valence-corrected chi connectivity index (χ4v) is 2.48. The number of ether oxygens (including phenoxy) is 2. The summed E-state index contributed by atoms with van der Waals surface area (Å²) >= 11 is 0. The van der Waals surface area contributed by atoms with Crippen LogP contribution in [0.3, 0.4) is 0 Å². The number of benzene rings is 2. The molecule has 0 bridgehead atoms. The molecule has 0 saturated carbocycles. The van der Waals surface area contributed by atoms with Gasteiger partial charge >= 0.3 is 0 Å². The Kier molecular flexibility index (Phi) is 6.70. The van der Waals surface area contributed by atoms with Crippen LogP contribution in [0.15, 0.2) is 61.2 Å². The highest BCUT2D eigenvalue weighted by Gasteiger charge is 2.11. The zero-order chi connectivity index (χ0) is 16.5. The summed E-state index contributed by atoms with van der Waals surface area (Å²) < 4.78 is 11.3.